The molecular formula is C14H13Cl2N3O. The van der Waals surface area contributed by atoms with Crippen molar-refractivity contribution in [1.82, 2.24) is 0 Å². The van der Waals surface area contributed by atoms with Crippen LogP contribution >= 0.6 is 23.2 Å². The van der Waals surface area contributed by atoms with E-state index in [2.05, 4.69) is 10.6 Å². The highest BCUT2D eigenvalue weighted by molar-refractivity contribution is 6.35. The fourth-order valence-electron chi connectivity index (χ4n) is 1.65. The van der Waals surface area contributed by atoms with Crippen LogP contribution < -0.4 is 16.4 Å². The first-order valence-corrected chi connectivity index (χ1v) is 6.60. The minimum Gasteiger partial charge on any atom is -0.397 e. The molecule has 0 saturated heterocycles. The van der Waals surface area contributed by atoms with Crippen LogP contribution in [-0.4, -0.2) is 6.03 Å². The van der Waals surface area contributed by atoms with E-state index in [1.54, 1.807) is 30.3 Å². The maximum absolute atomic E-state index is 11.9. The van der Waals surface area contributed by atoms with Gasteiger partial charge in [-0.15, -0.1) is 0 Å². The quantitative estimate of drug-likeness (QED) is 0.713. The molecule has 2 amide bonds. The zero-order chi connectivity index (χ0) is 14.7. The maximum atomic E-state index is 11.9. The van der Waals surface area contributed by atoms with Crippen molar-refractivity contribution in [2.75, 3.05) is 16.4 Å². The van der Waals surface area contributed by atoms with Gasteiger partial charge in [0.1, 0.15) is 0 Å². The number of nitrogens with two attached hydrogens (primary N) is 1. The van der Waals surface area contributed by atoms with Gasteiger partial charge in [0.25, 0.3) is 0 Å². The summed E-state index contributed by atoms with van der Waals surface area (Å²) in [5.41, 5.74) is 8.26. The minimum atomic E-state index is -0.438. The average molecular weight is 310 g/mol. The monoisotopic (exact) mass is 309 g/mol. The Balaban J connectivity index is 2.13. The Morgan fingerprint density at radius 1 is 1.05 bits per heavy atom. The first-order chi connectivity index (χ1) is 9.45. The number of nitrogens with one attached hydrogen (secondary N) is 2. The van der Waals surface area contributed by atoms with Gasteiger partial charge in [0, 0.05) is 5.02 Å². The molecule has 0 aliphatic rings. The summed E-state index contributed by atoms with van der Waals surface area (Å²) in [7, 11) is 0. The second-order valence-corrected chi connectivity index (χ2v) is 5.14. The molecule has 0 bridgehead atoms. The van der Waals surface area contributed by atoms with Gasteiger partial charge in [0.2, 0.25) is 0 Å². The van der Waals surface area contributed by atoms with Crippen molar-refractivity contribution in [3.05, 3.63) is 52.0 Å². The van der Waals surface area contributed by atoms with Crippen LogP contribution in [-0.2, 0) is 0 Å². The van der Waals surface area contributed by atoms with Crippen molar-refractivity contribution in [3.63, 3.8) is 0 Å². The Labute approximate surface area is 126 Å². The summed E-state index contributed by atoms with van der Waals surface area (Å²) >= 11 is 11.8. The molecule has 4 nitrogen and oxygen atoms in total. The number of carbonyl (C=O) groups is 1. The topological polar surface area (TPSA) is 67.1 Å². The molecule has 20 heavy (non-hydrogen) atoms. The van der Waals surface area contributed by atoms with E-state index in [4.69, 9.17) is 28.9 Å². The average Bonchev–Trinajstić information content (AvgIpc) is 2.38. The number of hydrogen-bond donors (Lipinski definition) is 3. The molecular weight excluding hydrogens is 297 g/mol. The van der Waals surface area contributed by atoms with Crippen molar-refractivity contribution in [1.29, 1.82) is 0 Å². The van der Waals surface area contributed by atoms with Crippen LogP contribution in [0.1, 0.15) is 5.56 Å². The van der Waals surface area contributed by atoms with Gasteiger partial charge in [-0.3, -0.25) is 0 Å². The summed E-state index contributed by atoms with van der Waals surface area (Å²) in [6.45, 7) is 1.91. The summed E-state index contributed by atoms with van der Waals surface area (Å²) in [5.74, 6) is 0. The number of hydrogen-bond acceptors (Lipinski definition) is 2. The third-order valence-electron chi connectivity index (χ3n) is 2.63. The van der Waals surface area contributed by atoms with Gasteiger partial charge in [-0.05, 0) is 42.8 Å². The first-order valence-electron chi connectivity index (χ1n) is 5.85. The lowest BCUT2D eigenvalue weighted by atomic mass is 10.2. The fourth-order valence-corrected chi connectivity index (χ4v) is 1.98. The lowest BCUT2D eigenvalue weighted by Crippen LogP contribution is -2.20. The lowest BCUT2D eigenvalue weighted by Gasteiger charge is -2.11. The van der Waals surface area contributed by atoms with Crippen LogP contribution in [0.3, 0.4) is 0 Å². The number of aryl methyl sites for hydroxylation is 1. The molecule has 0 aliphatic carbocycles. The van der Waals surface area contributed by atoms with Crippen molar-refractivity contribution >= 4 is 46.3 Å². The second kappa shape index (κ2) is 6.03. The molecule has 0 atom stereocenters. The third kappa shape index (κ3) is 3.56. The molecule has 2 aromatic carbocycles. The molecule has 0 saturated carbocycles. The van der Waals surface area contributed by atoms with E-state index >= 15 is 0 Å². The van der Waals surface area contributed by atoms with Crippen LogP contribution in [0.5, 0.6) is 0 Å². The number of halogens is 2. The molecule has 4 N–H and O–H groups in total. The predicted octanol–water partition coefficient (Wildman–Crippen LogP) is 4.53. The zero-order valence-electron chi connectivity index (χ0n) is 10.7. The van der Waals surface area contributed by atoms with E-state index in [0.29, 0.717) is 27.1 Å². The smallest absolute Gasteiger partial charge is 0.323 e. The van der Waals surface area contributed by atoms with Crippen LogP contribution in [0, 0.1) is 6.92 Å². The number of urea groups is 1. The van der Waals surface area contributed by atoms with E-state index in [9.17, 15) is 4.79 Å². The van der Waals surface area contributed by atoms with Crippen molar-refractivity contribution in [3.8, 4) is 0 Å². The van der Waals surface area contributed by atoms with Gasteiger partial charge in [-0.25, -0.2) is 4.79 Å². The van der Waals surface area contributed by atoms with Gasteiger partial charge in [0.05, 0.1) is 22.1 Å². The Morgan fingerprint density at radius 3 is 2.50 bits per heavy atom. The summed E-state index contributed by atoms with van der Waals surface area (Å²) < 4.78 is 0. The lowest BCUT2D eigenvalue weighted by molar-refractivity contribution is 0.262. The highest BCUT2D eigenvalue weighted by atomic mass is 35.5. The third-order valence-corrected chi connectivity index (χ3v) is 3.20. The summed E-state index contributed by atoms with van der Waals surface area (Å²) in [4.78, 5) is 11.9. The van der Waals surface area contributed by atoms with Gasteiger partial charge >= 0.3 is 6.03 Å². The Bertz CT molecular complexity index is 603. The number of nitrogen functional groups attached to an aromatic ring is 1. The van der Waals surface area contributed by atoms with Crippen LogP contribution in [0.15, 0.2) is 36.4 Å². The SMILES string of the molecule is Cc1ccc(N)c(NC(=O)Nc2cc(Cl)ccc2Cl)c1. The number of rotatable bonds is 2. The normalized spacial score (nSPS) is 10.2. The molecule has 2 rings (SSSR count). The first kappa shape index (κ1) is 14.5. The highest BCUT2D eigenvalue weighted by Crippen LogP contribution is 2.26. The molecule has 0 spiro atoms. The fraction of sp³-hybridized carbons (Fsp3) is 0.0714. The number of anilines is 3. The van der Waals surface area contributed by atoms with E-state index in [0.717, 1.165) is 5.56 Å². The van der Waals surface area contributed by atoms with E-state index in [1.807, 2.05) is 13.0 Å². The summed E-state index contributed by atoms with van der Waals surface area (Å²) in [6.07, 6.45) is 0. The van der Waals surface area contributed by atoms with Gasteiger partial charge in [0.15, 0.2) is 0 Å². The van der Waals surface area contributed by atoms with Crippen molar-refractivity contribution in [2.45, 2.75) is 6.92 Å². The molecule has 2 aromatic rings. The van der Waals surface area contributed by atoms with Crippen LogP contribution in [0.4, 0.5) is 21.9 Å². The number of benzene rings is 2. The molecule has 0 unspecified atom stereocenters. The number of amides is 2. The van der Waals surface area contributed by atoms with Gasteiger partial charge < -0.3 is 16.4 Å². The van der Waals surface area contributed by atoms with Crippen LogP contribution in [0.25, 0.3) is 0 Å². The summed E-state index contributed by atoms with van der Waals surface area (Å²) in [6, 6.07) is 9.78. The standard InChI is InChI=1S/C14H13Cl2N3O/c1-8-2-5-11(17)13(6-8)19-14(20)18-12-7-9(15)3-4-10(12)16/h2-7H,17H2,1H3,(H2,18,19,20). The number of carbonyl (C=O) groups excluding carboxylic acids is 1. The van der Waals surface area contributed by atoms with E-state index < -0.39 is 6.03 Å². The minimum absolute atomic E-state index is 0.404. The van der Waals surface area contributed by atoms with Gasteiger partial charge in [-0.1, -0.05) is 29.3 Å². The highest BCUT2D eigenvalue weighted by Gasteiger charge is 2.08. The second-order valence-electron chi connectivity index (χ2n) is 4.29. The molecule has 0 fully saturated rings. The molecule has 0 heterocycles. The Hall–Kier alpha value is -1.91. The molecule has 6 heteroatoms. The zero-order valence-corrected chi connectivity index (χ0v) is 12.2. The van der Waals surface area contributed by atoms with Crippen LogP contribution in [0.2, 0.25) is 10.0 Å². The molecule has 0 radical (unpaired) electrons. The Morgan fingerprint density at radius 2 is 1.75 bits per heavy atom. The van der Waals surface area contributed by atoms with Crippen molar-refractivity contribution < 1.29 is 4.79 Å². The van der Waals surface area contributed by atoms with Crippen molar-refractivity contribution in [2.24, 2.45) is 0 Å². The van der Waals surface area contributed by atoms with E-state index in [-0.39, 0.29) is 0 Å². The molecule has 104 valence electrons. The van der Waals surface area contributed by atoms with E-state index in [1.165, 1.54) is 0 Å². The molecule has 0 aliphatic heterocycles. The molecule has 0 aromatic heterocycles. The predicted molar refractivity (Wildman–Crippen MR) is 84.7 cm³/mol. The Kier molecular flexibility index (Phi) is 4.37. The summed E-state index contributed by atoms with van der Waals surface area (Å²) in [5, 5.41) is 6.18. The largest absolute Gasteiger partial charge is 0.397 e. The van der Waals surface area contributed by atoms with Gasteiger partial charge in [-0.2, -0.15) is 0 Å². The maximum Gasteiger partial charge on any atom is 0.323 e.